The molecule has 1 aromatic carbocycles. The van der Waals surface area contributed by atoms with Gasteiger partial charge in [-0.1, -0.05) is 13.3 Å². The average molecular weight is 224 g/mol. The van der Waals surface area contributed by atoms with E-state index in [9.17, 15) is 14.0 Å². The number of ether oxygens (including phenoxy) is 1. The van der Waals surface area contributed by atoms with E-state index in [0.29, 0.717) is 18.3 Å². The zero-order valence-electron chi connectivity index (χ0n) is 9.25. The van der Waals surface area contributed by atoms with E-state index >= 15 is 0 Å². The Labute approximate surface area is 93.2 Å². The fourth-order valence-electron chi connectivity index (χ4n) is 1.55. The summed E-state index contributed by atoms with van der Waals surface area (Å²) < 4.78 is 18.1. The second-order valence-electron chi connectivity index (χ2n) is 3.40. The Bertz CT molecular complexity index is 413. The highest BCUT2D eigenvalue weighted by atomic mass is 19.1. The zero-order chi connectivity index (χ0) is 12.1. The van der Waals surface area contributed by atoms with Gasteiger partial charge in [0.1, 0.15) is 12.1 Å². The molecular weight excluding hydrogens is 211 g/mol. The second kappa shape index (κ2) is 5.39. The maximum absolute atomic E-state index is 13.6. The van der Waals surface area contributed by atoms with Crippen molar-refractivity contribution in [3.8, 4) is 0 Å². The molecule has 86 valence electrons. The third-order valence-corrected chi connectivity index (χ3v) is 2.24. The van der Waals surface area contributed by atoms with Gasteiger partial charge in [-0.05, 0) is 24.1 Å². The zero-order valence-corrected chi connectivity index (χ0v) is 9.25. The summed E-state index contributed by atoms with van der Waals surface area (Å²) in [5.74, 6) is -1.42. The minimum absolute atomic E-state index is 0.0741. The molecule has 0 radical (unpaired) electrons. The highest BCUT2D eigenvalue weighted by Gasteiger charge is 2.18. The maximum atomic E-state index is 13.6. The molecular formula is C12H13FO3. The van der Waals surface area contributed by atoms with Gasteiger partial charge in [-0.2, -0.15) is 0 Å². The van der Waals surface area contributed by atoms with Crippen LogP contribution in [0.4, 0.5) is 4.39 Å². The summed E-state index contributed by atoms with van der Waals surface area (Å²) in [6.45, 7) is 1.91. The molecule has 16 heavy (non-hydrogen) atoms. The molecule has 3 nitrogen and oxygen atoms in total. The molecule has 0 atom stereocenters. The molecule has 0 heterocycles. The lowest BCUT2D eigenvalue weighted by atomic mass is 10.00. The van der Waals surface area contributed by atoms with Gasteiger partial charge in [0.25, 0.3) is 0 Å². The molecule has 4 heteroatoms. The number of carbonyl (C=O) groups is 2. The van der Waals surface area contributed by atoms with E-state index in [2.05, 4.69) is 4.74 Å². The number of methoxy groups -OCH3 is 1. The first kappa shape index (κ1) is 12.4. The van der Waals surface area contributed by atoms with E-state index in [4.69, 9.17) is 0 Å². The van der Waals surface area contributed by atoms with E-state index in [1.165, 1.54) is 13.2 Å². The van der Waals surface area contributed by atoms with Gasteiger partial charge in [0.15, 0.2) is 0 Å². The first-order valence-electron chi connectivity index (χ1n) is 5.00. The molecule has 0 spiro atoms. The summed E-state index contributed by atoms with van der Waals surface area (Å²) in [6, 6.07) is 2.56. The van der Waals surface area contributed by atoms with Crippen LogP contribution in [0.2, 0.25) is 0 Å². The Balaban J connectivity index is 3.32. The summed E-state index contributed by atoms with van der Waals surface area (Å²) in [5.41, 5.74) is 0.667. The highest BCUT2D eigenvalue weighted by Crippen LogP contribution is 2.18. The number of benzene rings is 1. The lowest BCUT2D eigenvalue weighted by Crippen LogP contribution is -2.10. The van der Waals surface area contributed by atoms with Gasteiger partial charge in [0.05, 0.1) is 12.7 Å². The van der Waals surface area contributed by atoms with Gasteiger partial charge in [0, 0.05) is 5.56 Å². The van der Waals surface area contributed by atoms with Crippen molar-refractivity contribution in [1.82, 2.24) is 0 Å². The third-order valence-electron chi connectivity index (χ3n) is 2.24. The van der Waals surface area contributed by atoms with Gasteiger partial charge in [-0.15, -0.1) is 0 Å². The standard InChI is InChI=1S/C12H13FO3/c1-3-4-9-5-8(7-14)6-10(13)11(9)12(15)16-2/h5-7H,3-4H2,1-2H3. The van der Waals surface area contributed by atoms with Gasteiger partial charge in [0.2, 0.25) is 0 Å². The number of hydrogen-bond acceptors (Lipinski definition) is 3. The number of hydrogen-bond donors (Lipinski definition) is 0. The van der Waals surface area contributed by atoms with Crippen molar-refractivity contribution in [2.45, 2.75) is 19.8 Å². The van der Waals surface area contributed by atoms with Crippen LogP contribution in [0.15, 0.2) is 12.1 Å². The number of rotatable bonds is 4. The molecule has 0 aliphatic heterocycles. The summed E-state index contributed by atoms with van der Waals surface area (Å²) in [4.78, 5) is 22.0. The number of halogens is 1. The molecule has 1 aromatic rings. The third kappa shape index (κ3) is 2.45. The van der Waals surface area contributed by atoms with Crippen molar-refractivity contribution < 1.29 is 18.7 Å². The van der Waals surface area contributed by atoms with Crippen LogP contribution in [0.5, 0.6) is 0 Å². The Morgan fingerprint density at radius 2 is 2.19 bits per heavy atom. The lowest BCUT2D eigenvalue weighted by Gasteiger charge is -2.08. The number of esters is 1. The number of aldehydes is 1. The largest absolute Gasteiger partial charge is 0.465 e. The van der Waals surface area contributed by atoms with Crippen LogP contribution >= 0.6 is 0 Å². The topological polar surface area (TPSA) is 43.4 Å². The molecule has 1 rings (SSSR count). The van der Waals surface area contributed by atoms with Crippen LogP contribution in [-0.2, 0) is 11.2 Å². The van der Waals surface area contributed by atoms with Crippen LogP contribution < -0.4 is 0 Å². The van der Waals surface area contributed by atoms with Crippen LogP contribution in [0.1, 0.15) is 39.6 Å². The minimum Gasteiger partial charge on any atom is -0.465 e. The number of aryl methyl sites for hydroxylation is 1. The SMILES string of the molecule is CCCc1cc(C=O)cc(F)c1C(=O)OC. The van der Waals surface area contributed by atoms with Crippen LogP contribution in [0, 0.1) is 5.82 Å². The van der Waals surface area contributed by atoms with Gasteiger partial charge in [-0.25, -0.2) is 9.18 Å². The molecule has 0 aliphatic rings. The summed E-state index contributed by atoms with van der Waals surface area (Å²) in [7, 11) is 1.20. The van der Waals surface area contributed by atoms with Gasteiger partial charge < -0.3 is 4.74 Å². The van der Waals surface area contributed by atoms with Crippen molar-refractivity contribution in [3.05, 3.63) is 34.6 Å². The molecule has 0 saturated heterocycles. The van der Waals surface area contributed by atoms with E-state index in [0.717, 1.165) is 12.5 Å². The first-order valence-corrected chi connectivity index (χ1v) is 5.00. The minimum atomic E-state index is -0.710. The van der Waals surface area contributed by atoms with Crippen LogP contribution in [0.25, 0.3) is 0 Å². The van der Waals surface area contributed by atoms with E-state index in [1.807, 2.05) is 6.92 Å². The predicted octanol–water partition coefficient (Wildman–Crippen LogP) is 2.38. The van der Waals surface area contributed by atoms with Gasteiger partial charge in [-0.3, -0.25) is 4.79 Å². The van der Waals surface area contributed by atoms with Crippen molar-refractivity contribution in [2.24, 2.45) is 0 Å². The highest BCUT2D eigenvalue weighted by molar-refractivity contribution is 5.92. The van der Waals surface area contributed by atoms with Gasteiger partial charge >= 0.3 is 5.97 Å². The molecule has 0 aromatic heterocycles. The average Bonchev–Trinajstić information content (AvgIpc) is 2.28. The van der Waals surface area contributed by atoms with Crippen molar-refractivity contribution in [3.63, 3.8) is 0 Å². The van der Waals surface area contributed by atoms with E-state index in [-0.39, 0.29) is 11.1 Å². The smallest absolute Gasteiger partial charge is 0.341 e. The lowest BCUT2D eigenvalue weighted by molar-refractivity contribution is 0.0594. The van der Waals surface area contributed by atoms with Crippen LogP contribution in [0.3, 0.4) is 0 Å². The normalized spacial score (nSPS) is 9.94. The number of carbonyl (C=O) groups excluding carboxylic acids is 2. The van der Waals surface area contributed by atoms with Crippen molar-refractivity contribution in [1.29, 1.82) is 0 Å². The first-order chi connectivity index (χ1) is 7.63. The Kier molecular flexibility index (Phi) is 4.17. The Morgan fingerprint density at radius 3 is 2.69 bits per heavy atom. The van der Waals surface area contributed by atoms with E-state index < -0.39 is 11.8 Å². The Morgan fingerprint density at radius 1 is 1.50 bits per heavy atom. The maximum Gasteiger partial charge on any atom is 0.341 e. The molecule has 0 N–H and O–H groups in total. The summed E-state index contributed by atoms with van der Waals surface area (Å²) in [5, 5.41) is 0. The van der Waals surface area contributed by atoms with E-state index in [1.54, 1.807) is 0 Å². The summed E-state index contributed by atoms with van der Waals surface area (Å²) >= 11 is 0. The van der Waals surface area contributed by atoms with Crippen molar-refractivity contribution >= 4 is 12.3 Å². The fraction of sp³-hybridized carbons (Fsp3) is 0.333. The predicted molar refractivity (Wildman–Crippen MR) is 57.1 cm³/mol. The second-order valence-corrected chi connectivity index (χ2v) is 3.40. The summed E-state index contributed by atoms with van der Waals surface area (Å²) in [6.07, 6.45) is 1.85. The molecule has 0 amide bonds. The van der Waals surface area contributed by atoms with Crippen LogP contribution in [-0.4, -0.2) is 19.4 Å². The molecule has 0 fully saturated rings. The Hall–Kier alpha value is -1.71. The molecule has 0 saturated carbocycles. The fourth-order valence-corrected chi connectivity index (χ4v) is 1.55. The quantitative estimate of drug-likeness (QED) is 0.582. The molecule has 0 bridgehead atoms. The molecule has 0 aliphatic carbocycles. The molecule has 0 unspecified atom stereocenters. The van der Waals surface area contributed by atoms with Crippen molar-refractivity contribution in [2.75, 3.05) is 7.11 Å². The monoisotopic (exact) mass is 224 g/mol.